The number of carbonyl (C=O) groups is 1. The number of urea groups is 1. The number of aromatic amines is 1. The summed E-state index contributed by atoms with van der Waals surface area (Å²) in [5.41, 5.74) is 1.85. The summed E-state index contributed by atoms with van der Waals surface area (Å²) in [5.74, 6) is 0.672. The molecular formula is C20H23N5O2S. The largest absolute Gasteiger partial charge is 0.338 e. The van der Waals surface area contributed by atoms with Crippen LogP contribution in [-0.4, -0.2) is 58.5 Å². The summed E-state index contributed by atoms with van der Waals surface area (Å²) >= 11 is 1.50. The fourth-order valence-electron chi connectivity index (χ4n) is 3.48. The molecule has 1 fully saturated rings. The highest BCUT2D eigenvalue weighted by molar-refractivity contribution is 7.17. The van der Waals surface area contributed by atoms with Crippen LogP contribution in [0.2, 0.25) is 0 Å². The number of nitrogens with one attached hydrogen (secondary N) is 2. The molecule has 0 unspecified atom stereocenters. The third kappa shape index (κ3) is 3.79. The first kappa shape index (κ1) is 18.6. The number of hydrogen-bond donors (Lipinski definition) is 2. The van der Waals surface area contributed by atoms with Crippen molar-refractivity contribution in [3.05, 3.63) is 51.9 Å². The molecule has 0 radical (unpaired) electrons. The molecule has 0 aliphatic carbocycles. The molecule has 2 aromatic heterocycles. The van der Waals surface area contributed by atoms with E-state index in [2.05, 4.69) is 20.2 Å². The Kier molecular flexibility index (Phi) is 5.40. The number of fused-ring (bicyclic) bond motifs is 1. The number of amides is 2. The van der Waals surface area contributed by atoms with Gasteiger partial charge in [-0.2, -0.15) is 0 Å². The molecule has 146 valence electrons. The summed E-state index contributed by atoms with van der Waals surface area (Å²) in [4.78, 5) is 37.1. The quantitative estimate of drug-likeness (QED) is 0.709. The van der Waals surface area contributed by atoms with Gasteiger partial charge >= 0.3 is 6.03 Å². The first-order chi connectivity index (χ1) is 13.7. The molecule has 0 atom stereocenters. The van der Waals surface area contributed by atoms with Crippen molar-refractivity contribution in [2.75, 3.05) is 32.7 Å². The number of carbonyl (C=O) groups excluding carboxylic acids is 1. The van der Waals surface area contributed by atoms with E-state index < -0.39 is 0 Å². The monoisotopic (exact) mass is 397 g/mol. The summed E-state index contributed by atoms with van der Waals surface area (Å²) in [7, 11) is 0. The summed E-state index contributed by atoms with van der Waals surface area (Å²) in [6.45, 7) is 6.01. The SMILES string of the molecule is CCNC(=O)N1CCN(Cc2nc3scc(-c4ccccc4)c3c(=O)[nH]2)CC1. The fourth-order valence-corrected chi connectivity index (χ4v) is 4.45. The topological polar surface area (TPSA) is 81.3 Å². The van der Waals surface area contributed by atoms with Crippen LogP contribution in [-0.2, 0) is 6.54 Å². The molecule has 3 aromatic rings. The number of benzene rings is 1. The average molecular weight is 398 g/mol. The lowest BCUT2D eigenvalue weighted by Crippen LogP contribution is -2.51. The number of H-pyrrole nitrogens is 1. The van der Waals surface area contributed by atoms with Gasteiger partial charge in [0.05, 0.1) is 11.9 Å². The van der Waals surface area contributed by atoms with E-state index in [9.17, 15) is 9.59 Å². The zero-order valence-electron chi connectivity index (χ0n) is 15.8. The Balaban J connectivity index is 1.49. The van der Waals surface area contributed by atoms with Crippen molar-refractivity contribution >= 4 is 27.6 Å². The Labute approximate surface area is 167 Å². The van der Waals surface area contributed by atoms with Gasteiger partial charge in [-0.1, -0.05) is 30.3 Å². The van der Waals surface area contributed by atoms with Crippen LogP contribution in [0, 0.1) is 0 Å². The van der Waals surface area contributed by atoms with Gasteiger partial charge in [-0.05, 0) is 12.5 Å². The highest BCUT2D eigenvalue weighted by Gasteiger charge is 2.21. The van der Waals surface area contributed by atoms with E-state index in [0.717, 1.165) is 29.0 Å². The van der Waals surface area contributed by atoms with Gasteiger partial charge in [0.25, 0.3) is 5.56 Å². The van der Waals surface area contributed by atoms with Crippen LogP contribution in [0.15, 0.2) is 40.5 Å². The van der Waals surface area contributed by atoms with E-state index in [1.807, 2.05) is 47.5 Å². The molecule has 0 spiro atoms. The number of nitrogens with zero attached hydrogens (tertiary/aromatic N) is 3. The molecule has 4 rings (SSSR count). The average Bonchev–Trinajstić information content (AvgIpc) is 3.14. The highest BCUT2D eigenvalue weighted by atomic mass is 32.1. The molecule has 1 aliphatic heterocycles. The molecule has 0 saturated carbocycles. The molecule has 0 bridgehead atoms. The second-order valence-electron chi connectivity index (χ2n) is 6.81. The van der Waals surface area contributed by atoms with Gasteiger partial charge in [0.15, 0.2) is 0 Å². The summed E-state index contributed by atoms with van der Waals surface area (Å²) < 4.78 is 0. The van der Waals surface area contributed by atoms with Gasteiger partial charge in [-0.25, -0.2) is 9.78 Å². The molecule has 7 nitrogen and oxygen atoms in total. The van der Waals surface area contributed by atoms with Crippen LogP contribution in [0.1, 0.15) is 12.7 Å². The van der Waals surface area contributed by atoms with Crippen molar-refractivity contribution in [3.8, 4) is 11.1 Å². The predicted octanol–water partition coefficient (Wildman–Crippen LogP) is 2.50. The van der Waals surface area contributed by atoms with Crippen LogP contribution in [0.5, 0.6) is 0 Å². The molecule has 1 saturated heterocycles. The number of hydrogen-bond acceptors (Lipinski definition) is 5. The summed E-state index contributed by atoms with van der Waals surface area (Å²) in [6, 6.07) is 9.89. The zero-order valence-corrected chi connectivity index (χ0v) is 16.6. The molecule has 1 aromatic carbocycles. The van der Waals surface area contributed by atoms with Crippen molar-refractivity contribution in [2.45, 2.75) is 13.5 Å². The predicted molar refractivity (Wildman–Crippen MR) is 112 cm³/mol. The maximum atomic E-state index is 12.7. The maximum absolute atomic E-state index is 12.7. The van der Waals surface area contributed by atoms with Gasteiger partial charge in [-0.15, -0.1) is 11.3 Å². The van der Waals surface area contributed by atoms with Crippen molar-refractivity contribution in [1.29, 1.82) is 0 Å². The summed E-state index contributed by atoms with van der Waals surface area (Å²) in [5, 5.41) is 5.48. The second-order valence-corrected chi connectivity index (χ2v) is 7.66. The third-order valence-electron chi connectivity index (χ3n) is 4.94. The van der Waals surface area contributed by atoms with Crippen molar-refractivity contribution in [3.63, 3.8) is 0 Å². The van der Waals surface area contributed by atoms with Crippen LogP contribution in [0.4, 0.5) is 4.79 Å². The van der Waals surface area contributed by atoms with Gasteiger partial charge in [-0.3, -0.25) is 9.69 Å². The molecule has 2 N–H and O–H groups in total. The van der Waals surface area contributed by atoms with E-state index >= 15 is 0 Å². The van der Waals surface area contributed by atoms with E-state index in [-0.39, 0.29) is 11.6 Å². The first-order valence-electron chi connectivity index (χ1n) is 9.46. The van der Waals surface area contributed by atoms with E-state index in [0.29, 0.717) is 37.4 Å². The normalized spacial score (nSPS) is 15.1. The lowest BCUT2D eigenvalue weighted by Gasteiger charge is -2.34. The van der Waals surface area contributed by atoms with Crippen LogP contribution < -0.4 is 10.9 Å². The maximum Gasteiger partial charge on any atom is 0.317 e. The van der Waals surface area contributed by atoms with E-state index in [1.165, 1.54) is 11.3 Å². The minimum absolute atomic E-state index is 0.0119. The summed E-state index contributed by atoms with van der Waals surface area (Å²) in [6.07, 6.45) is 0. The molecule has 3 heterocycles. The van der Waals surface area contributed by atoms with Gasteiger partial charge in [0.2, 0.25) is 0 Å². The lowest BCUT2D eigenvalue weighted by molar-refractivity contribution is 0.134. The third-order valence-corrected chi connectivity index (χ3v) is 5.81. The molecule has 28 heavy (non-hydrogen) atoms. The van der Waals surface area contributed by atoms with Crippen LogP contribution in [0.25, 0.3) is 21.3 Å². The molecule has 1 aliphatic rings. The number of piperazine rings is 1. The minimum atomic E-state index is -0.0962. The Hall–Kier alpha value is -2.71. The fraction of sp³-hybridized carbons (Fsp3) is 0.350. The molecule has 2 amide bonds. The van der Waals surface area contributed by atoms with Crippen LogP contribution >= 0.6 is 11.3 Å². The van der Waals surface area contributed by atoms with Crippen molar-refractivity contribution in [1.82, 2.24) is 25.1 Å². The van der Waals surface area contributed by atoms with Gasteiger partial charge in [0, 0.05) is 43.7 Å². The standard InChI is InChI=1S/C20H23N5O2S/c1-2-21-20(27)25-10-8-24(9-11-25)12-16-22-18(26)17-15(13-28-19(17)23-16)14-6-4-3-5-7-14/h3-7,13H,2,8-12H2,1H3,(H,21,27)(H,22,23,26). The van der Waals surface area contributed by atoms with Gasteiger partial charge in [0.1, 0.15) is 10.7 Å². The molecular weight excluding hydrogens is 374 g/mol. The number of rotatable bonds is 4. The number of thiophene rings is 1. The second kappa shape index (κ2) is 8.12. The smallest absolute Gasteiger partial charge is 0.317 e. The Bertz CT molecular complexity index is 1020. The van der Waals surface area contributed by atoms with E-state index in [1.54, 1.807) is 0 Å². The Morgan fingerprint density at radius 1 is 1.21 bits per heavy atom. The minimum Gasteiger partial charge on any atom is -0.338 e. The Morgan fingerprint density at radius 3 is 2.68 bits per heavy atom. The van der Waals surface area contributed by atoms with Crippen LogP contribution in [0.3, 0.4) is 0 Å². The highest BCUT2D eigenvalue weighted by Crippen LogP contribution is 2.30. The van der Waals surface area contributed by atoms with Crippen molar-refractivity contribution < 1.29 is 4.79 Å². The van der Waals surface area contributed by atoms with Crippen molar-refractivity contribution in [2.24, 2.45) is 0 Å². The number of aromatic nitrogens is 2. The molecule has 8 heteroatoms. The van der Waals surface area contributed by atoms with Gasteiger partial charge < -0.3 is 15.2 Å². The first-order valence-corrected chi connectivity index (χ1v) is 10.3. The zero-order chi connectivity index (χ0) is 19.5. The Morgan fingerprint density at radius 2 is 1.96 bits per heavy atom. The van der Waals surface area contributed by atoms with E-state index in [4.69, 9.17) is 0 Å². The lowest BCUT2D eigenvalue weighted by atomic mass is 10.1.